The molecule has 32 heavy (non-hydrogen) atoms. The summed E-state index contributed by atoms with van der Waals surface area (Å²) in [6.07, 6.45) is 2.01. The number of fused-ring (bicyclic) bond motifs is 3. The Bertz CT molecular complexity index is 1200. The van der Waals surface area contributed by atoms with Crippen LogP contribution in [0.1, 0.15) is 19.4 Å². The predicted molar refractivity (Wildman–Crippen MR) is 138 cm³/mol. The molecule has 5 nitrogen and oxygen atoms in total. The van der Waals surface area contributed by atoms with Gasteiger partial charge in [0.25, 0.3) is 0 Å². The van der Waals surface area contributed by atoms with Gasteiger partial charge < -0.3 is 21.8 Å². The molecule has 0 fully saturated rings. The van der Waals surface area contributed by atoms with Crippen LogP contribution < -0.4 is 16.8 Å². The lowest BCUT2D eigenvalue weighted by molar-refractivity contribution is 0.629. The van der Waals surface area contributed by atoms with Crippen molar-refractivity contribution in [1.29, 1.82) is 0 Å². The largest absolute Gasteiger partial charge is 0.390 e. The van der Waals surface area contributed by atoms with E-state index < -0.39 is 5.82 Å². The van der Waals surface area contributed by atoms with Gasteiger partial charge in [-0.2, -0.15) is 0 Å². The van der Waals surface area contributed by atoms with E-state index in [1.165, 1.54) is 25.5 Å². The second-order valence-corrected chi connectivity index (χ2v) is 7.28. The van der Waals surface area contributed by atoms with Crippen LogP contribution in [0.4, 0.5) is 15.8 Å². The van der Waals surface area contributed by atoms with Crippen molar-refractivity contribution in [3.8, 4) is 0 Å². The quantitative estimate of drug-likeness (QED) is 0.192. The highest BCUT2D eigenvalue weighted by atomic mass is 35.5. The average Bonchev–Trinajstić information content (AvgIpc) is 3.17. The molecule has 4 aromatic rings. The molecule has 0 aliphatic rings. The van der Waals surface area contributed by atoms with Crippen LogP contribution in [0.3, 0.4) is 0 Å². The van der Waals surface area contributed by atoms with E-state index >= 15 is 0 Å². The van der Waals surface area contributed by atoms with Crippen molar-refractivity contribution in [2.75, 3.05) is 18.9 Å². The molecule has 170 valence electrons. The molecule has 0 radical (unpaired) electrons. The molecule has 0 spiro atoms. The molecule has 0 aliphatic carbocycles. The van der Waals surface area contributed by atoms with Crippen molar-refractivity contribution in [2.24, 2.45) is 16.5 Å². The fourth-order valence-electron chi connectivity index (χ4n) is 3.31. The molecule has 4 rings (SSSR count). The van der Waals surface area contributed by atoms with Gasteiger partial charge in [0.2, 0.25) is 0 Å². The third kappa shape index (κ3) is 5.91. The molecule has 8 heteroatoms. The first-order chi connectivity index (χ1) is 15.5. The van der Waals surface area contributed by atoms with Gasteiger partial charge in [-0.3, -0.25) is 4.99 Å². The Labute approximate surface area is 197 Å². The summed E-state index contributed by atoms with van der Waals surface area (Å²) in [7, 11) is 1.50. The first-order valence-electron chi connectivity index (χ1n) is 10.3. The van der Waals surface area contributed by atoms with E-state index in [1.54, 1.807) is 6.07 Å². The maximum absolute atomic E-state index is 13.8. The summed E-state index contributed by atoms with van der Waals surface area (Å²) in [5.41, 5.74) is 14.4. The summed E-state index contributed by atoms with van der Waals surface area (Å²) in [5.74, 6) is -0.468. The Morgan fingerprint density at radius 3 is 2.44 bits per heavy atom. The van der Waals surface area contributed by atoms with E-state index in [2.05, 4.69) is 21.0 Å². The zero-order chi connectivity index (χ0) is 23.7. The highest BCUT2D eigenvalue weighted by molar-refractivity contribution is 6.32. The molecule has 6 N–H and O–H groups in total. The Morgan fingerprint density at radius 2 is 1.75 bits per heavy atom. The molecule has 0 amide bonds. The van der Waals surface area contributed by atoms with Crippen molar-refractivity contribution in [3.05, 3.63) is 70.0 Å². The van der Waals surface area contributed by atoms with Gasteiger partial charge in [-0.05, 0) is 67.6 Å². The van der Waals surface area contributed by atoms with E-state index in [4.69, 9.17) is 28.9 Å². The van der Waals surface area contributed by atoms with Crippen molar-refractivity contribution >= 4 is 62.7 Å². The van der Waals surface area contributed by atoms with Gasteiger partial charge in [0.15, 0.2) is 0 Å². The second-order valence-electron chi connectivity index (χ2n) is 6.43. The van der Waals surface area contributed by atoms with Gasteiger partial charge in [-0.15, -0.1) is 0 Å². The van der Waals surface area contributed by atoms with Crippen molar-refractivity contribution < 1.29 is 4.39 Å². The lowest BCUT2D eigenvalue weighted by atomic mass is 10.0. The first kappa shape index (κ1) is 25.5. The minimum absolute atomic E-state index is 0.0904. The highest BCUT2D eigenvalue weighted by Crippen LogP contribution is 2.34. The number of nitrogens with zero attached hydrogens (tertiary/aromatic N) is 1. The molecule has 0 saturated heterocycles. The average molecular weight is 476 g/mol. The molecule has 0 unspecified atom stereocenters. The third-order valence-corrected chi connectivity index (χ3v) is 5.12. The van der Waals surface area contributed by atoms with Gasteiger partial charge in [-0.25, -0.2) is 4.39 Å². The van der Waals surface area contributed by atoms with E-state index in [0.29, 0.717) is 23.7 Å². The van der Waals surface area contributed by atoms with Crippen molar-refractivity contribution in [3.63, 3.8) is 0 Å². The number of nitrogens with one attached hydrogen (secondary N) is 2. The molecular formula is C24H28Cl2FN5. The number of nitrogens with two attached hydrogens (primary N) is 2. The summed E-state index contributed by atoms with van der Waals surface area (Å²) in [6.45, 7) is 4.57. The standard InChI is InChI=1S/C21H17Cl2FN4.C2H6.CH5N/c22-13-1-4-20-16(8-13)17-9-15(27-14-2-3-18(23)19(24)10-14)7-12(21(17)28-20)5-6-26-11-25;2*1-2/h1-4,7-11,27-28H,5-6H2,(H2,25,26);1-2H3;2H2,1H3. The van der Waals surface area contributed by atoms with Crippen LogP contribution >= 0.6 is 23.2 Å². The molecular weight excluding hydrogens is 448 g/mol. The predicted octanol–water partition coefficient (Wildman–Crippen LogP) is 6.64. The number of anilines is 2. The molecule has 1 heterocycles. The summed E-state index contributed by atoms with van der Waals surface area (Å²) >= 11 is 12.0. The number of hydrogen-bond donors (Lipinski definition) is 4. The smallest absolute Gasteiger partial charge is 0.143 e. The number of H-pyrrole nitrogens is 1. The zero-order valence-electron chi connectivity index (χ0n) is 18.3. The SMILES string of the molecule is CC.CN.NC=NCCc1cc(Nc2ccc(Cl)c(F)c2)cc2c1[nH]c1ccc(Cl)cc12. The number of aliphatic imine (C=N–C) groups is 1. The van der Waals surface area contributed by atoms with Crippen molar-refractivity contribution in [1.82, 2.24) is 4.98 Å². The van der Waals surface area contributed by atoms with E-state index in [1.807, 2.05) is 44.2 Å². The molecule has 1 aromatic heterocycles. The number of rotatable bonds is 5. The van der Waals surface area contributed by atoms with E-state index in [0.717, 1.165) is 33.1 Å². The molecule has 0 atom stereocenters. The maximum atomic E-state index is 13.8. The Balaban J connectivity index is 0.000000860. The summed E-state index contributed by atoms with van der Waals surface area (Å²) < 4.78 is 13.8. The lowest BCUT2D eigenvalue weighted by Crippen LogP contribution is -1.98. The number of aromatic nitrogens is 1. The molecule has 0 saturated carbocycles. The molecule has 0 aliphatic heterocycles. The van der Waals surface area contributed by atoms with E-state index in [-0.39, 0.29) is 5.02 Å². The van der Waals surface area contributed by atoms with Crippen LogP contribution in [0.15, 0.2) is 53.5 Å². The normalized spacial score (nSPS) is 10.6. The van der Waals surface area contributed by atoms with Crippen LogP contribution in [0.25, 0.3) is 21.8 Å². The van der Waals surface area contributed by atoms with Crippen LogP contribution in [0.2, 0.25) is 10.0 Å². The Hall–Kier alpha value is -2.80. The Morgan fingerprint density at radius 1 is 1.00 bits per heavy atom. The fraction of sp³-hybridized carbons (Fsp3) is 0.208. The van der Waals surface area contributed by atoms with Gasteiger partial charge in [-0.1, -0.05) is 37.0 Å². The molecule has 3 aromatic carbocycles. The minimum atomic E-state index is -0.468. The lowest BCUT2D eigenvalue weighted by Gasteiger charge is -2.11. The van der Waals surface area contributed by atoms with Gasteiger partial charge >= 0.3 is 0 Å². The van der Waals surface area contributed by atoms with Gasteiger partial charge in [0.1, 0.15) is 5.82 Å². The van der Waals surface area contributed by atoms with Crippen LogP contribution in [0, 0.1) is 5.82 Å². The second kappa shape index (κ2) is 12.3. The molecule has 0 bridgehead atoms. The number of halogens is 3. The number of hydrogen-bond acceptors (Lipinski definition) is 3. The Kier molecular flexibility index (Phi) is 9.78. The van der Waals surface area contributed by atoms with Gasteiger partial charge in [0, 0.05) is 44.7 Å². The van der Waals surface area contributed by atoms with Crippen LogP contribution in [-0.2, 0) is 6.42 Å². The maximum Gasteiger partial charge on any atom is 0.143 e. The van der Waals surface area contributed by atoms with Gasteiger partial charge in [0.05, 0.1) is 11.4 Å². The summed E-state index contributed by atoms with van der Waals surface area (Å²) in [4.78, 5) is 7.57. The first-order valence-corrected chi connectivity index (χ1v) is 11.0. The van der Waals surface area contributed by atoms with E-state index in [9.17, 15) is 4.39 Å². The van der Waals surface area contributed by atoms with Crippen LogP contribution in [0.5, 0.6) is 0 Å². The fourth-order valence-corrected chi connectivity index (χ4v) is 3.60. The van der Waals surface area contributed by atoms with Crippen molar-refractivity contribution in [2.45, 2.75) is 20.3 Å². The zero-order valence-corrected chi connectivity index (χ0v) is 19.9. The van der Waals surface area contributed by atoms with Crippen LogP contribution in [-0.4, -0.2) is 24.9 Å². The highest BCUT2D eigenvalue weighted by Gasteiger charge is 2.12. The monoisotopic (exact) mass is 475 g/mol. The minimum Gasteiger partial charge on any atom is -0.390 e. The number of benzene rings is 3. The summed E-state index contributed by atoms with van der Waals surface area (Å²) in [6, 6.07) is 14.4. The number of aromatic amines is 1. The third-order valence-electron chi connectivity index (χ3n) is 4.58. The summed E-state index contributed by atoms with van der Waals surface area (Å²) in [5, 5.41) is 6.07. The topological polar surface area (TPSA) is 92.2 Å².